The molecule has 1 aromatic heterocycles. The Morgan fingerprint density at radius 2 is 1.53 bits per heavy atom. The predicted molar refractivity (Wildman–Crippen MR) is 126 cm³/mol. The molecule has 0 fully saturated rings. The number of nitrogens with zero attached hydrogens (tertiary/aromatic N) is 1. The molecular formula is C25H40N2O5. The van der Waals surface area contributed by atoms with Gasteiger partial charge in [-0.15, -0.1) is 0 Å². The molecule has 0 saturated carbocycles. The predicted octanol–water partition coefficient (Wildman–Crippen LogP) is 5.49. The van der Waals surface area contributed by atoms with Gasteiger partial charge in [0.1, 0.15) is 18.5 Å². The van der Waals surface area contributed by atoms with Crippen LogP contribution >= 0.6 is 0 Å². The van der Waals surface area contributed by atoms with E-state index < -0.39 is 5.76 Å². The van der Waals surface area contributed by atoms with Crippen LogP contribution in [-0.4, -0.2) is 41.2 Å². The third kappa shape index (κ3) is 11.0. The lowest BCUT2D eigenvalue weighted by Crippen LogP contribution is -2.26. The molecule has 7 nitrogen and oxygen atoms in total. The maximum atomic E-state index is 11.0. The van der Waals surface area contributed by atoms with Crippen molar-refractivity contribution in [3.63, 3.8) is 0 Å². The van der Waals surface area contributed by atoms with E-state index in [1.54, 1.807) is 24.3 Å². The molecule has 1 unspecified atom stereocenters. The van der Waals surface area contributed by atoms with Gasteiger partial charge in [-0.2, -0.15) is 0 Å². The molecule has 1 atom stereocenters. The second-order valence-electron chi connectivity index (χ2n) is 8.34. The van der Waals surface area contributed by atoms with Crippen molar-refractivity contribution in [1.29, 1.82) is 0 Å². The van der Waals surface area contributed by atoms with Crippen LogP contribution in [0, 0.1) is 0 Å². The topological polar surface area (TPSA) is 97.6 Å². The summed E-state index contributed by atoms with van der Waals surface area (Å²) in [5, 5.41) is 13.2. The Labute approximate surface area is 191 Å². The molecule has 7 heteroatoms. The summed E-state index contributed by atoms with van der Waals surface area (Å²) in [4.78, 5) is 13.5. The van der Waals surface area contributed by atoms with Crippen LogP contribution in [0.15, 0.2) is 33.6 Å². The maximum absolute atomic E-state index is 11.0. The fourth-order valence-electron chi connectivity index (χ4n) is 3.60. The number of aliphatic hydroxyl groups excluding tert-OH is 1. The highest BCUT2D eigenvalue weighted by molar-refractivity contribution is 5.55. The van der Waals surface area contributed by atoms with Gasteiger partial charge in [0, 0.05) is 12.2 Å². The van der Waals surface area contributed by atoms with E-state index in [4.69, 9.17) is 9.47 Å². The maximum Gasteiger partial charge on any atom is 0.439 e. The van der Waals surface area contributed by atoms with Crippen LogP contribution in [0.2, 0.25) is 0 Å². The number of aromatic amines is 1. The van der Waals surface area contributed by atoms with Crippen LogP contribution in [-0.2, 0) is 4.74 Å². The smallest absolute Gasteiger partial charge is 0.439 e. The highest BCUT2D eigenvalue weighted by Crippen LogP contribution is 2.19. The van der Waals surface area contributed by atoms with Crippen molar-refractivity contribution in [1.82, 2.24) is 10.1 Å². The lowest BCUT2D eigenvalue weighted by atomic mass is 10.1. The Balaban J connectivity index is 1.48. The van der Waals surface area contributed by atoms with Crippen LogP contribution in [0.4, 0.5) is 0 Å². The van der Waals surface area contributed by atoms with E-state index in [1.165, 1.54) is 70.6 Å². The third-order valence-electron chi connectivity index (χ3n) is 5.56. The van der Waals surface area contributed by atoms with Crippen LogP contribution < -0.4 is 10.5 Å². The van der Waals surface area contributed by atoms with Gasteiger partial charge in [-0.3, -0.25) is 9.51 Å². The molecule has 180 valence electrons. The number of ether oxygens (including phenoxy) is 2. The fraction of sp³-hybridized carbons (Fsp3) is 0.680. The Morgan fingerprint density at radius 3 is 2.06 bits per heavy atom. The molecule has 32 heavy (non-hydrogen) atoms. The summed E-state index contributed by atoms with van der Waals surface area (Å²) in [6, 6.07) is 7.12. The number of nitrogens with one attached hydrogen (secondary N) is 1. The minimum Gasteiger partial charge on any atom is -0.491 e. The molecule has 2 aromatic rings. The van der Waals surface area contributed by atoms with Crippen LogP contribution in [0.25, 0.3) is 11.4 Å². The number of H-pyrrole nitrogens is 1. The minimum absolute atomic E-state index is 0.0729. The summed E-state index contributed by atoms with van der Waals surface area (Å²) in [6.45, 7) is 3.12. The normalized spacial score (nSPS) is 12.2. The van der Waals surface area contributed by atoms with E-state index >= 15 is 0 Å². The molecule has 1 aromatic carbocycles. The van der Waals surface area contributed by atoms with Gasteiger partial charge < -0.3 is 14.6 Å². The van der Waals surface area contributed by atoms with Crippen molar-refractivity contribution in [3.05, 3.63) is 34.8 Å². The quantitative estimate of drug-likeness (QED) is 0.276. The van der Waals surface area contributed by atoms with Gasteiger partial charge in [0.2, 0.25) is 0 Å². The van der Waals surface area contributed by atoms with Crippen molar-refractivity contribution < 1.29 is 19.1 Å². The Bertz CT molecular complexity index is 756. The molecule has 0 saturated heterocycles. The third-order valence-corrected chi connectivity index (χ3v) is 5.56. The summed E-state index contributed by atoms with van der Waals surface area (Å²) in [5.74, 6) is 0.448. The van der Waals surface area contributed by atoms with Crippen LogP contribution in [0.3, 0.4) is 0 Å². The summed E-state index contributed by atoms with van der Waals surface area (Å²) in [6.07, 6.45) is 15.4. The number of aromatic nitrogens is 2. The zero-order valence-electron chi connectivity index (χ0n) is 19.5. The molecule has 0 aliphatic heterocycles. The largest absolute Gasteiger partial charge is 0.491 e. The zero-order chi connectivity index (χ0) is 22.9. The molecule has 2 rings (SSSR count). The van der Waals surface area contributed by atoms with Gasteiger partial charge in [0.05, 0.1) is 6.61 Å². The van der Waals surface area contributed by atoms with E-state index in [2.05, 4.69) is 21.6 Å². The molecule has 0 amide bonds. The first-order valence-corrected chi connectivity index (χ1v) is 12.2. The first kappa shape index (κ1) is 26.1. The highest BCUT2D eigenvalue weighted by Gasteiger charge is 2.10. The monoisotopic (exact) mass is 448 g/mol. The van der Waals surface area contributed by atoms with E-state index in [1.807, 2.05) is 0 Å². The Hall–Kier alpha value is -2.12. The number of benzene rings is 1. The van der Waals surface area contributed by atoms with Crippen molar-refractivity contribution >= 4 is 0 Å². The molecule has 0 spiro atoms. The SMILES string of the molecule is CCCCCCCCCCCCCCOC(CO)COc1ccc(-c2noc(=O)[nH]2)cc1. The standard InChI is InChI=1S/C25H40N2O5/c1-2-3-4-5-6-7-8-9-10-11-12-13-18-30-23(19-28)20-31-22-16-14-21(15-17-22)24-26-25(29)32-27-24/h14-17,23,28H,2-13,18-20H2,1H3,(H,26,27,29). The van der Waals surface area contributed by atoms with Crippen LogP contribution in [0.5, 0.6) is 5.75 Å². The number of unbranched alkanes of at least 4 members (excludes halogenated alkanes) is 11. The second-order valence-corrected chi connectivity index (χ2v) is 8.34. The van der Waals surface area contributed by atoms with E-state index in [-0.39, 0.29) is 19.3 Å². The first-order chi connectivity index (χ1) is 15.7. The van der Waals surface area contributed by atoms with Crippen LogP contribution in [0.1, 0.15) is 84.0 Å². The second kappa shape index (κ2) is 16.5. The lowest BCUT2D eigenvalue weighted by Gasteiger charge is -2.16. The van der Waals surface area contributed by atoms with Crippen molar-refractivity contribution in [2.45, 2.75) is 90.1 Å². The summed E-state index contributed by atoms with van der Waals surface area (Å²) in [7, 11) is 0. The molecule has 0 bridgehead atoms. The van der Waals surface area contributed by atoms with Gasteiger partial charge in [-0.05, 0) is 30.7 Å². The van der Waals surface area contributed by atoms with Gasteiger partial charge >= 0.3 is 5.76 Å². The van der Waals surface area contributed by atoms with Crippen molar-refractivity contribution in [3.8, 4) is 17.1 Å². The summed E-state index contributed by atoms with van der Waals surface area (Å²) >= 11 is 0. The van der Waals surface area contributed by atoms with E-state index in [9.17, 15) is 9.90 Å². The number of hydrogen-bond donors (Lipinski definition) is 2. The van der Waals surface area contributed by atoms with Gasteiger partial charge in [0.25, 0.3) is 0 Å². The number of hydrogen-bond acceptors (Lipinski definition) is 6. The van der Waals surface area contributed by atoms with E-state index in [0.29, 0.717) is 18.2 Å². The van der Waals surface area contributed by atoms with E-state index in [0.717, 1.165) is 12.0 Å². The first-order valence-electron chi connectivity index (χ1n) is 12.2. The lowest BCUT2D eigenvalue weighted by molar-refractivity contribution is -0.0149. The summed E-state index contributed by atoms with van der Waals surface area (Å²) in [5.41, 5.74) is 0.727. The molecular weight excluding hydrogens is 408 g/mol. The molecule has 0 aliphatic carbocycles. The van der Waals surface area contributed by atoms with Gasteiger partial charge in [-0.25, -0.2) is 4.79 Å². The molecule has 0 radical (unpaired) electrons. The number of rotatable bonds is 19. The Morgan fingerprint density at radius 1 is 0.938 bits per heavy atom. The fourth-order valence-corrected chi connectivity index (χ4v) is 3.60. The minimum atomic E-state index is -0.587. The van der Waals surface area contributed by atoms with Crippen molar-refractivity contribution in [2.24, 2.45) is 0 Å². The van der Waals surface area contributed by atoms with Crippen molar-refractivity contribution in [2.75, 3.05) is 19.8 Å². The average Bonchev–Trinajstić information content (AvgIpc) is 3.25. The number of aliphatic hydroxyl groups is 1. The van der Waals surface area contributed by atoms with Gasteiger partial charge in [0.15, 0.2) is 5.82 Å². The Kier molecular flexibility index (Phi) is 13.5. The average molecular weight is 449 g/mol. The van der Waals surface area contributed by atoms with Gasteiger partial charge in [-0.1, -0.05) is 82.7 Å². The molecule has 0 aliphatic rings. The molecule has 2 N–H and O–H groups in total. The molecule has 1 heterocycles. The summed E-state index contributed by atoms with van der Waals surface area (Å²) < 4.78 is 16.0. The zero-order valence-corrected chi connectivity index (χ0v) is 19.5. The highest BCUT2D eigenvalue weighted by atomic mass is 16.5.